The molecule has 0 atom stereocenters. The van der Waals surface area contributed by atoms with Gasteiger partial charge in [-0.3, -0.25) is 0 Å². The van der Waals surface area contributed by atoms with E-state index in [0.29, 0.717) is 0 Å². The minimum atomic E-state index is 0.870. The predicted octanol–water partition coefficient (Wildman–Crippen LogP) is 3.82. The van der Waals surface area contributed by atoms with E-state index < -0.39 is 0 Å². The second-order valence-electron chi connectivity index (χ2n) is 4.07. The summed E-state index contributed by atoms with van der Waals surface area (Å²) in [4.78, 5) is 4.51. The smallest absolute Gasteiger partial charge is 0.132 e. The summed E-state index contributed by atoms with van der Waals surface area (Å²) in [7, 11) is 0. The van der Waals surface area contributed by atoms with E-state index in [4.69, 9.17) is 0 Å². The molecule has 3 heteroatoms. The molecule has 0 aliphatic heterocycles. The summed E-state index contributed by atoms with van der Waals surface area (Å²) in [6.45, 7) is 5.10. The molecule has 2 N–H and O–H groups in total. The third-order valence-corrected chi connectivity index (χ3v) is 2.77. The third-order valence-electron chi connectivity index (χ3n) is 2.77. The molecule has 0 unspecified atom stereocenters. The summed E-state index contributed by atoms with van der Waals surface area (Å²) in [6.07, 6.45) is 1.01. The van der Waals surface area contributed by atoms with Crippen molar-refractivity contribution in [1.82, 2.24) is 4.98 Å². The zero-order chi connectivity index (χ0) is 12.8. The standard InChI is InChI=1S/C15H19N3/c1-3-12-8-5-6-9-13(12)17-15-11-7-10-14(18-15)16-4-2/h5-11H,3-4H2,1-2H3,(H2,16,17,18). The van der Waals surface area contributed by atoms with Gasteiger partial charge in [0.25, 0.3) is 0 Å². The highest BCUT2D eigenvalue weighted by Gasteiger charge is 2.01. The maximum atomic E-state index is 4.51. The highest BCUT2D eigenvalue weighted by Crippen LogP contribution is 2.20. The van der Waals surface area contributed by atoms with Gasteiger partial charge in [0.2, 0.25) is 0 Å². The fourth-order valence-electron chi connectivity index (χ4n) is 1.87. The number of rotatable bonds is 5. The average Bonchev–Trinajstić information content (AvgIpc) is 2.40. The first kappa shape index (κ1) is 12.4. The monoisotopic (exact) mass is 241 g/mol. The van der Waals surface area contributed by atoms with Crippen molar-refractivity contribution < 1.29 is 0 Å². The van der Waals surface area contributed by atoms with Crippen LogP contribution in [0.4, 0.5) is 17.3 Å². The van der Waals surface area contributed by atoms with Crippen molar-refractivity contribution in [3.05, 3.63) is 48.0 Å². The van der Waals surface area contributed by atoms with Crippen molar-refractivity contribution >= 4 is 17.3 Å². The van der Waals surface area contributed by atoms with E-state index in [-0.39, 0.29) is 0 Å². The molecule has 2 rings (SSSR count). The predicted molar refractivity (Wildman–Crippen MR) is 77.5 cm³/mol. The average molecular weight is 241 g/mol. The van der Waals surface area contributed by atoms with Gasteiger partial charge in [0.1, 0.15) is 11.6 Å². The van der Waals surface area contributed by atoms with Gasteiger partial charge in [-0.05, 0) is 37.1 Å². The molecule has 1 aromatic heterocycles. The van der Waals surface area contributed by atoms with Crippen LogP contribution in [0.5, 0.6) is 0 Å². The summed E-state index contributed by atoms with van der Waals surface area (Å²) in [6, 6.07) is 14.3. The van der Waals surface area contributed by atoms with E-state index in [1.807, 2.05) is 24.3 Å². The Labute approximate surface area is 108 Å². The van der Waals surface area contributed by atoms with Crippen LogP contribution in [0.3, 0.4) is 0 Å². The number of para-hydroxylation sites is 1. The van der Waals surface area contributed by atoms with Gasteiger partial charge in [-0.2, -0.15) is 0 Å². The van der Waals surface area contributed by atoms with Crippen molar-refractivity contribution in [3.63, 3.8) is 0 Å². The first-order valence-electron chi connectivity index (χ1n) is 6.39. The van der Waals surface area contributed by atoms with Crippen molar-refractivity contribution in [2.75, 3.05) is 17.2 Å². The van der Waals surface area contributed by atoms with Crippen LogP contribution in [0.2, 0.25) is 0 Å². The Morgan fingerprint density at radius 1 is 0.944 bits per heavy atom. The molecule has 18 heavy (non-hydrogen) atoms. The van der Waals surface area contributed by atoms with Crippen molar-refractivity contribution in [2.24, 2.45) is 0 Å². The van der Waals surface area contributed by atoms with Crippen molar-refractivity contribution in [2.45, 2.75) is 20.3 Å². The molecule has 1 aromatic carbocycles. The molecule has 0 radical (unpaired) electrons. The fourth-order valence-corrected chi connectivity index (χ4v) is 1.87. The number of hydrogen-bond donors (Lipinski definition) is 2. The lowest BCUT2D eigenvalue weighted by molar-refractivity contribution is 1.13. The maximum absolute atomic E-state index is 4.51. The van der Waals surface area contributed by atoms with E-state index in [2.05, 4.69) is 47.7 Å². The quantitative estimate of drug-likeness (QED) is 0.835. The van der Waals surface area contributed by atoms with Crippen LogP contribution in [0, 0.1) is 0 Å². The number of benzene rings is 1. The first-order valence-corrected chi connectivity index (χ1v) is 6.39. The number of hydrogen-bond acceptors (Lipinski definition) is 3. The highest BCUT2D eigenvalue weighted by atomic mass is 15.1. The summed E-state index contributed by atoms with van der Waals surface area (Å²) < 4.78 is 0. The van der Waals surface area contributed by atoms with E-state index >= 15 is 0 Å². The molecule has 0 aliphatic rings. The Balaban J connectivity index is 2.20. The zero-order valence-electron chi connectivity index (χ0n) is 10.9. The Kier molecular flexibility index (Phi) is 4.18. The molecule has 2 aromatic rings. The van der Waals surface area contributed by atoms with Crippen molar-refractivity contribution in [1.29, 1.82) is 0 Å². The molecule has 94 valence electrons. The van der Waals surface area contributed by atoms with E-state index in [0.717, 1.165) is 30.3 Å². The van der Waals surface area contributed by atoms with E-state index in [1.54, 1.807) is 0 Å². The van der Waals surface area contributed by atoms with Gasteiger partial charge in [0, 0.05) is 12.2 Å². The number of pyridine rings is 1. The zero-order valence-corrected chi connectivity index (χ0v) is 10.9. The van der Waals surface area contributed by atoms with Gasteiger partial charge in [-0.1, -0.05) is 31.2 Å². The fraction of sp³-hybridized carbons (Fsp3) is 0.267. The lowest BCUT2D eigenvalue weighted by Crippen LogP contribution is -2.02. The molecule has 3 nitrogen and oxygen atoms in total. The number of anilines is 3. The Hall–Kier alpha value is -2.03. The van der Waals surface area contributed by atoms with Gasteiger partial charge in [-0.15, -0.1) is 0 Å². The minimum absolute atomic E-state index is 0.870. The number of nitrogens with zero attached hydrogens (tertiary/aromatic N) is 1. The molecular weight excluding hydrogens is 222 g/mol. The van der Waals surface area contributed by atoms with Crippen LogP contribution < -0.4 is 10.6 Å². The third kappa shape index (κ3) is 3.00. The van der Waals surface area contributed by atoms with Crippen LogP contribution >= 0.6 is 0 Å². The maximum Gasteiger partial charge on any atom is 0.132 e. The second-order valence-corrected chi connectivity index (χ2v) is 4.07. The summed E-state index contributed by atoms with van der Waals surface area (Å²) in [5, 5.41) is 6.58. The number of aryl methyl sites for hydroxylation is 1. The van der Waals surface area contributed by atoms with Crippen LogP contribution in [-0.4, -0.2) is 11.5 Å². The molecule has 0 saturated heterocycles. The molecule has 0 aliphatic carbocycles. The van der Waals surface area contributed by atoms with Gasteiger partial charge >= 0.3 is 0 Å². The Morgan fingerprint density at radius 3 is 2.50 bits per heavy atom. The lowest BCUT2D eigenvalue weighted by atomic mass is 10.1. The largest absolute Gasteiger partial charge is 0.370 e. The van der Waals surface area contributed by atoms with Crippen LogP contribution in [0.15, 0.2) is 42.5 Å². The molecule has 0 saturated carbocycles. The van der Waals surface area contributed by atoms with Gasteiger partial charge in [0.15, 0.2) is 0 Å². The van der Waals surface area contributed by atoms with Gasteiger partial charge < -0.3 is 10.6 Å². The number of aromatic nitrogens is 1. The van der Waals surface area contributed by atoms with Crippen LogP contribution in [0.25, 0.3) is 0 Å². The molecule has 0 fully saturated rings. The SMILES string of the molecule is CCNc1cccc(Nc2ccccc2CC)n1. The molecule has 0 bridgehead atoms. The second kappa shape index (κ2) is 6.05. The summed E-state index contributed by atoms with van der Waals surface area (Å²) >= 11 is 0. The van der Waals surface area contributed by atoms with E-state index in [9.17, 15) is 0 Å². The number of nitrogens with one attached hydrogen (secondary N) is 2. The van der Waals surface area contributed by atoms with Gasteiger partial charge in [-0.25, -0.2) is 4.98 Å². The highest BCUT2D eigenvalue weighted by molar-refractivity contribution is 5.61. The summed E-state index contributed by atoms with van der Waals surface area (Å²) in [5.41, 5.74) is 2.43. The molecule has 1 heterocycles. The Bertz CT molecular complexity index is 509. The minimum Gasteiger partial charge on any atom is -0.370 e. The lowest BCUT2D eigenvalue weighted by Gasteiger charge is -2.11. The molecule has 0 amide bonds. The van der Waals surface area contributed by atoms with Gasteiger partial charge in [0.05, 0.1) is 0 Å². The summed E-state index contributed by atoms with van der Waals surface area (Å²) in [5.74, 6) is 1.77. The molecule has 0 spiro atoms. The first-order chi connectivity index (χ1) is 8.83. The topological polar surface area (TPSA) is 37.0 Å². The Morgan fingerprint density at radius 2 is 1.72 bits per heavy atom. The van der Waals surface area contributed by atoms with E-state index in [1.165, 1.54) is 5.56 Å². The molecular formula is C15H19N3. The van der Waals surface area contributed by atoms with Crippen LogP contribution in [0.1, 0.15) is 19.4 Å². The van der Waals surface area contributed by atoms with Crippen molar-refractivity contribution in [3.8, 4) is 0 Å². The normalized spacial score (nSPS) is 10.1. The van der Waals surface area contributed by atoms with Crippen LogP contribution in [-0.2, 0) is 6.42 Å².